The molecule has 1 fully saturated rings. The molecule has 0 saturated carbocycles. The third-order valence-corrected chi connectivity index (χ3v) is 3.13. The number of rotatable bonds is 5. The Morgan fingerprint density at radius 2 is 2.40 bits per heavy atom. The van der Waals surface area contributed by atoms with Crippen molar-refractivity contribution in [3.05, 3.63) is 0 Å². The van der Waals surface area contributed by atoms with Gasteiger partial charge in [-0.3, -0.25) is 4.79 Å². The number of likely N-dealkylation sites (tertiary alicyclic amines) is 1. The van der Waals surface area contributed by atoms with Crippen molar-refractivity contribution in [2.45, 2.75) is 38.6 Å². The molecule has 1 unspecified atom stereocenters. The van der Waals surface area contributed by atoms with Gasteiger partial charge in [-0.15, -0.1) is 0 Å². The summed E-state index contributed by atoms with van der Waals surface area (Å²) in [5.74, 6) is 0.353. The summed E-state index contributed by atoms with van der Waals surface area (Å²) in [5, 5.41) is 3.02. The first-order valence-electron chi connectivity index (χ1n) is 5.88. The Kier molecular flexibility index (Phi) is 6.10. The van der Waals surface area contributed by atoms with Crippen molar-refractivity contribution in [3.63, 3.8) is 0 Å². The molecule has 0 aliphatic carbocycles. The number of nitrogens with zero attached hydrogens (tertiary/aromatic N) is 1. The van der Waals surface area contributed by atoms with Gasteiger partial charge in [0.2, 0.25) is 5.91 Å². The van der Waals surface area contributed by atoms with Gasteiger partial charge in [-0.1, -0.05) is 13.3 Å². The summed E-state index contributed by atoms with van der Waals surface area (Å²) in [6, 6.07) is 0.343. The van der Waals surface area contributed by atoms with Gasteiger partial charge in [-0.2, -0.15) is 12.6 Å². The predicted octanol–water partition coefficient (Wildman–Crippen LogP) is 1.30. The van der Waals surface area contributed by atoms with Crippen LogP contribution in [0.2, 0.25) is 0 Å². The lowest BCUT2D eigenvalue weighted by atomic mass is 10.1. The first kappa shape index (κ1) is 12.8. The minimum absolute atomic E-state index is 0.0562. The maximum absolute atomic E-state index is 11.2. The minimum atomic E-state index is 0.0562. The lowest BCUT2D eigenvalue weighted by Crippen LogP contribution is -2.48. The molecule has 3 nitrogen and oxygen atoms in total. The van der Waals surface area contributed by atoms with E-state index in [0.29, 0.717) is 11.8 Å². The third kappa shape index (κ3) is 4.89. The van der Waals surface area contributed by atoms with Crippen LogP contribution in [0.1, 0.15) is 32.6 Å². The molecule has 0 spiro atoms. The number of hydrogen-bond donors (Lipinski definition) is 2. The Morgan fingerprint density at radius 1 is 1.60 bits per heavy atom. The van der Waals surface area contributed by atoms with Gasteiger partial charge >= 0.3 is 0 Å². The molecule has 0 bridgehead atoms. The highest BCUT2D eigenvalue weighted by Crippen LogP contribution is 2.10. The van der Waals surface area contributed by atoms with E-state index < -0.39 is 0 Å². The second-order valence-corrected chi connectivity index (χ2v) is 4.54. The molecule has 1 atom stereocenters. The summed E-state index contributed by atoms with van der Waals surface area (Å²) in [6.07, 6.45) is 4.81. The van der Waals surface area contributed by atoms with Crippen molar-refractivity contribution in [2.24, 2.45) is 0 Å². The van der Waals surface area contributed by atoms with E-state index in [1.54, 1.807) is 0 Å². The summed E-state index contributed by atoms with van der Waals surface area (Å²) in [6.45, 7) is 5.58. The maximum Gasteiger partial charge on any atom is 0.229 e. The van der Waals surface area contributed by atoms with E-state index in [-0.39, 0.29) is 5.91 Å². The SMILES string of the molecule is CCCCN1CCCC(NC(=O)CS)C1. The Hall–Kier alpha value is -0.220. The third-order valence-electron chi connectivity index (χ3n) is 2.84. The molecule has 15 heavy (non-hydrogen) atoms. The molecule has 1 N–H and O–H groups in total. The second-order valence-electron chi connectivity index (χ2n) is 4.22. The maximum atomic E-state index is 11.2. The summed E-state index contributed by atoms with van der Waals surface area (Å²) in [4.78, 5) is 13.6. The predicted molar refractivity (Wildman–Crippen MR) is 66.4 cm³/mol. The van der Waals surface area contributed by atoms with Crippen molar-refractivity contribution in [2.75, 3.05) is 25.4 Å². The Morgan fingerprint density at radius 3 is 3.07 bits per heavy atom. The molecule has 1 aliphatic rings. The van der Waals surface area contributed by atoms with Gasteiger partial charge in [0.1, 0.15) is 0 Å². The monoisotopic (exact) mass is 230 g/mol. The molecule has 0 aromatic rings. The molecule has 4 heteroatoms. The van der Waals surface area contributed by atoms with Crippen LogP contribution in [-0.4, -0.2) is 42.2 Å². The van der Waals surface area contributed by atoms with Crippen LogP contribution in [0.25, 0.3) is 0 Å². The summed E-state index contributed by atoms with van der Waals surface area (Å²) < 4.78 is 0. The Labute approximate surface area is 98.0 Å². The summed E-state index contributed by atoms with van der Waals surface area (Å²) >= 11 is 3.97. The van der Waals surface area contributed by atoms with Crippen molar-refractivity contribution in [3.8, 4) is 0 Å². The van der Waals surface area contributed by atoms with E-state index in [2.05, 4.69) is 29.8 Å². The van der Waals surface area contributed by atoms with E-state index in [0.717, 1.165) is 13.0 Å². The second kappa shape index (κ2) is 7.12. The van der Waals surface area contributed by atoms with Crippen LogP contribution in [0.5, 0.6) is 0 Å². The first-order valence-corrected chi connectivity index (χ1v) is 6.52. The van der Waals surface area contributed by atoms with E-state index in [1.807, 2.05) is 0 Å². The zero-order valence-electron chi connectivity index (χ0n) is 9.54. The fraction of sp³-hybridized carbons (Fsp3) is 0.909. The number of thiol groups is 1. The number of unbranched alkanes of at least 4 members (excludes halogenated alkanes) is 1. The van der Waals surface area contributed by atoms with Gasteiger partial charge in [0.15, 0.2) is 0 Å². The number of carbonyl (C=O) groups is 1. The number of piperidine rings is 1. The molecule has 88 valence electrons. The van der Waals surface area contributed by atoms with E-state index in [4.69, 9.17) is 0 Å². The Bertz CT molecular complexity index is 199. The number of hydrogen-bond acceptors (Lipinski definition) is 3. The van der Waals surface area contributed by atoms with Gasteiger partial charge in [0, 0.05) is 12.6 Å². The average molecular weight is 230 g/mol. The molecular weight excluding hydrogens is 208 g/mol. The standard InChI is InChI=1S/C11H22N2OS/c1-2-3-6-13-7-4-5-10(8-13)12-11(14)9-15/h10,15H,2-9H2,1H3,(H,12,14). The Balaban J connectivity index is 2.25. The molecule has 1 saturated heterocycles. The average Bonchev–Trinajstić information content (AvgIpc) is 2.26. The zero-order chi connectivity index (χ0) is 11.1. The van der Waals surface area contributed by atoms with Crippen LogP contribution in [0.3, 0.4) is 0 Å². The van der Waals surface area contributed by atoms with Gasteiger partial charge in [-0.25, -0.2) is 0 Å². The topological polar surface area (TPSA) is 32.3 Å². The molecule has 1 rings (SSSR count). The minimum Gasteiger partial charge on any atom is -0.351 e. The van der Waals surface area contributed by atoms with Crippen LogP contribution >= 0.6 is 12.6 Å². The van der Waals surface area contributed by atoms with Gasteiger partial charge in [0.05, 0.1) is 5.75 Å². The van der Waals surface area contributed by atoms with Crippen molar-refractivity contribution >= 4 is 18.5 Å². The van der Waals surface area contributed by atoms with E-state index in [9.17, 15) is 4.79 Å². The lowest BCUT2D eigenvalue weighted by Gasteiger charge is -2.33. The van der Waals surface area contributed by atoms with E-state index in [1.165, 1.54) is 32.4 Å². The van der Waals surface area contributed by atoms with Crippen molar-refractivity contribution in [1.29, 1.82) is 0 Å². The van der Waals surface area contributed by atoms with E-state index >= 15 is 0 Å². The quantitative estimate of drug-likeness (QED) is 0.698. The fourth-order valence-electron chi connectivity index (χ4n) is 2.03. The van der Waals surface area contributed by atoms with Crippen LogP contribution in [0.15, 0.2) is 0 Å². The smallest absolute Gasteiger partial charge is 0.229 e. The van der Waals surface area contributed by atoms with Gasteiger partial charge < -0.3 is 10.2 Å². The molecule has 1 heterocycles. The normalized spacial score (nSPS) is 22.7. The van der Waals surface area contributed by atoms with Crippen LogP contribution < -0.4 is 5.32 Å². The summed E-state index contributed by atoms with van der Waals surface area (Å²) in [5.41, 5.74) is 0. The number of nitrogens with one attached hydrogen (secondary N) is 1. The van der Waals surface area contributed by atoms with Crippen molar-refractivity contribution < 1.29 is 4.79 Å². The van der Waals surface area contributed by atoms with Gasteiger partial charge in [-0.05, 0) is 32.4 Å². The number of amides is 1. The molecule has 0 aromatic carbocycles. The molecule has 1 aliphatic heterocycles. The first-order chi connectivity index (χ1) is 7.26. The van der Waals surface area contributed by atoms with Gasteiger partial charge in [0.25, 0.3) is 0 Å². The van der Waals surface area contributed by atoms with Crippen LogP contribution in [-0.2, 0) is 4.79 Å². The lowest BCUT2D eigenvalue weighted by molar-refractivity contribution is -0.119. The highest BCUT2D eigenvalue weighted by Gasteiger charge is 2.20. The van der Waals surface area contributed by atoms with Crippen LogP contribution in [0.4, 0.5) is 0 Å². The summed E-state index contributed by atoms with van der Waals surface area (Å²) in [7, 11) is 0. The van der Waals surface area contributed by atoms with Crippen molar-refractivity contribution in [1.82, 2.24) is 10.2 Å². The number of carbonyl (C=O) groups excluding carboxylic acids is 1. The largest absolute Gasteiger partial charge is 0.351 e. The molecule has 0 aromatic heterocycles. The molecule has 0 radical (unpaired) electrons. The highest BCUT2D eigenvalue weighted by atomic mass is 32.1. The fourth-order valence-corrected chi connectivity index (χ4v) is 2.12. The van der Waals surface area contributed by atoms with Crippen LogP contribution in [0, 0.1) is 0 Å². The zero-order valence-corrected chi connectivity index (χ0v) is 10.4. The molecular formula is C11H22N2OS. The molecule has 1 amide bonds. The highest BCUT2D eigenvalue weighted by molar-refractivity contribution is 7.81.